The molecule has 96 valence electrons. The molecule has 1 aromatic rings. The molecule has 0 radical (unpaired) electrons. The van der Waals surface area contributed by atoms with Crippen LogP contribution in [0.1, 0.15) is 53.0 Å². The topological polar surface area (TPSA) is 29.9 Å². The zero-order valence-electron chi connectivity index (χ0n) is 11.5. The number of rotatable bonds is 3. The van der Waals surface area contributed by atoms with Gasteiger partial charge in [0, 0.05) is 24.3 Å². The van der Waals surface area contributed by atoms with E-state index in [1.165, 1.54) is 19.3 Å². The fraction of sp³-hybridized carbons (Fsp3) is 0.786. The van der Waals surface area contributed by atoms with Gasteiger partial charge in [0.15, 0.2) is 0 Å². The summed E-state index contributed by atoms with van der Waals surface area (Å²) >= 11 is 0. The molecule has 3 atom stereocenters. The highest BCUT2D eigenvalue weighted by molar-refractivity contribution is 5.34. The Bertz CT molecular complexity index is 356. The molecule has 3 heteroatoms. The van der Waals surface area contributed by atoms with Crippen molar-refractivity contribution in [3.8, 4) is 0 Å². The number of hydrogen-bond donors (Lipinski definition) is 1. The van der Waals surface area contributed by atoms with Crippen LogP contribution in [0.4, 0.5) is 5.82 Å². The van der Waals surface area contributed by atoms with Crippen LogP contribution >= 0.6 is 0 Å². The number of nitrogens with one attached hydrogen (secondary N) is 1. The lowest BCUT2D eigenvalue weighted by molar-refractivity contribution is 0.252. The molecule has 1 aliphatic carbocycles. The molecule has 3 unspecified atom stereocenters. The van der Waals surface area contributed by atoms with Crippen molar-refractivity contribution in [2.24, 2.45) is 11.8 Å². The van der Waals surface area contributed by atoms with Crippen molar-refractivity contribution in [2.45, 2.75) is 59.0 Å². The molecule has 1 saturated carbocycles. The third-order valence-electron chi connectivity index (χ3n) is 4.18. The molecule has 0 aromatic carbocycles. The van der Waals surface area contributed by atoms with E-state index in [-0.39, 0.29) is 0 Å². The Labute approximate surface area is 105 Å². The Morgan fingerprint density at radius 1 is 1.35 bits per heavy atom. The van der Waals surface area contributed by atoms with E-state index in [0.29, 0.717) is 12.1 Å². The fourth-order valence-corrected chi connectivity index (χ4v) is 2.68. The summed E-state index contributed by atoms with van der Waals surface area (Å²) in [5, 5.41) is 8.17. The van der Waals surface area contributed by atoms with Crippen molar-refractivity contribution in [3.63, 3.8) is 0 Å². The Morgan fingerprint density at radius 3 is 2.76 bits per heavy atom. The van der Waals surface area contributed by atoms with E-state index in [2.05, 4.69) is 50.4 Å². The molecule has 1 aliphatic rings. The summed E-state index contributed by atoms with van der Waals surface area (Å²) in [6.45, 7) is 9.04. The van der Waals surface area contributed by atoms with Crippen LogP contribution in [0.2, 0.25) is 0 Å². The molecule has 1 fully saturated rings. The Balaban J connectivity index is 1.99. The molecule has 0 bridgehead atoms. The summed E-state index contributed by atoms with van der Waals surface area (Å²) < 4.78 is 2.01. The molecule has 0 amide bonds. The van der Waals surface area contributed by atoms with E-state index in [9.17, 15) is 0 Å². The average molecular weight is 235 g/mol. The van der Waals surface area contributed by atoms with E-state index in [1.807, 2.05) is 4.68 Å². The largest absolute Gasteiger partial charge is 0.366 e. The maximum atomic E-state index is 4.57. The van der Waals surface area contributed by atoms with Gasteiger partial charge in [-0.15, -0.1) is 0 Å². The van der Waals surface area contributed by atoms with Gasteiger partial charge in [0.05, 0.1) is 0 Å². The molecule has 0 aliphatic heterocycles. The van der Waals surface area contributed by atoms with Gasteiger partial charge in [-0.1, -0.05) is 26.7 Å². The van der Waals surface area contributed by atoms with E-state index in [4.69, 9.17) is 0 Å². The van der Waals surface area contributed by atoms with E-state index < -0.39 is 0 Å². The summed E-state index contributed by atoms with van der Waals surface area (Å²) in [7, 11) is 0. The second-order valence-electron chi connectivity index (χ2n) is 5.79. The molecule has 1 aromatic heterocycles. The zero-order chi connectivity index (χ0) is 12.4. The Hall–Kier alpha value is -0.990. The van der Waals surface area contributed by atoms with Crippen molar-refractivity contribution in [1.29, 1.82) is 0 Å². The highest BCUT2D eigenvalue weighted by Crippen LogP contribution is 2.31. The van der Waals surface area contributed by atoms with Gasteiger partial charge in [0.1, 0.15) is 5.82 Å². The fourth-order valence-electron chi connectivity index (χ4n) is 2.68. The molecule has 0 spiro atoms. The van der Waals surface area contributed by atoms with Crippen LogP contribution in [-0.4, -0.2) is 15.8 Å². The third-order valence-corrected chi connectivity index (χ3v) is 4.18. The molecule has 17 heavy (non-hydrogen) atoms. The first-order valence-corrected chi connectivity index (χ1v) is 6.89. The van der Waals surface area contributed by atoms with Crippen LogP contribution in [0.25, 0.3) is 0 Å². The van der Waals surface area contributed by atoms with Gasteiger partial charge in [0.25, 0.3) is 0 Å². The second kappa shape index (κ2) is 5.11. The minimum absolute atomic E-state index is 0.438. The molecular formula is C14H25N3. The van der Waals surface area contributed by atoms with Gasteiger partial charge in [0.2, 0.25) is 0 Å². The number of nitrogens with zero attached hydrogens (tertiary/aromatic N) is 2. The number of hydrogen-bond acceptors (Lipinski definition) is 2. The number of aromatic nitrogens is 2. The molecule has 3 nitrogen and oxygen atoms in total. The van der Waals surface area contributed by atoms with Crippen molar-refractivity contribution in [1.82, 2.24) is 9.78 Å². The molecule has 0 saturated heterocycles. The maximum Gasteiger partial charge on any atom is 0.148 e. The highest BCUT2D eigenvalue weighted by atomic mass is 15.3. The third kappa shape index (κ3) is 2.82. The lowest BCUT2D eigenvalue weighted by atomic mass is 9.78. The molecular weight excluding hydrogens is 210 g/mol. The van der Waals surface area contributed by atoms with E-state index in [1.54, 1.807) is 0 Å². The smallest absolute Gasteiger partial charge is 0.148 e. The monoisotopic (exact) mass is 235 g/mol. The lowest BCUT2D eigenvalue weighted by Gasteiger charge is -2.34. The second-order valence-corrected chi connectivity index (χ2v) is 5.79. The van der Waals surface area contributed by atoms with Gasteiger partial charge in [-0.05, 0) is 32.1 Å². The summed E-state index contributed by atoms with van der Waals surface area (Å²) in [6, 6.07) is 3.12. The summed E-state index contributed by atoms with van der Waals surface area (Å²) in [5.74, 6) is 2.60. The molecule has 1 N–H and O–H groups in total. The highest BCUT2D eigenvalue weighted by Gasteiger charge is 2.27. The first kappa shape index (κ1) is 12.5. The summed E-state index contributed by atoms with van der Waals surface area (Å²) in [6.07, 6.45) is 6.05. The van der Waals surface area contributed by atoms with Crippen LogP contribution in [0, 0.1) is 11.8 Å². The summed E-state index contributed by atoms with van der Waals surface area (Å²) in [5.41, 5.74) is 0. The molecule has 2 rings (SSSR count). The lowest BCUT2D eigenvalue weighted by Crippen LogP contribution is -2.35. The first-order valence-electron chi connectivity index (χ1n) is 6.89. The number of anilines is 1. The van der Waals surface area contributed by atoms with Gasteiger partial charge >= 0.3 is 0 Å². The van der Waals surface area contributed by atoms with Crippen molar-refractivity contribution >= 4 is 5.82 Å². The van der Waals surface area contributed by atoms with Crippen LogP contribution in [0.5, 0.6) is 0 Å². The van der Waals surface area contributed by atoms with Gasteiger partial charge in [-0.25, -0.2) is 0 Å². The van der Waals surface area contributed by atoms with Gasteiger partial charge < -0.3 is 5.32 Å². The van der Waals surface area contributed by atoms with Gasteiger partial charge in [-0.3, -0.25) is 4.68 Å². The minimum Gasteiger partial charge on any atom is -0.366 e. The van der Waals surface area contributed by atoms with E-state index >= 15 is 0 Å². The van der Waals surface area contributed by atoms with Gasteiger partial charge in [-0.2, -0.15) is 5.10 Å². The average Bonchev–Trinajstić information content (AvgIpc) is 2.73. The maximum absolute atomic E-state index is 4.57. The molecule has 1 heterocycles. The van der Waals surface area contributed by atoms with Crippen molar-refractivity contribution < 1.29 is 0 Å². The van der Waals surface area contributed by atoms with Crippen LogP contribution in [-0.2, 0) is 0 Å². The zero-order valence-corrected chi connectivity index (χ0v) is 11.5. The van der Waals surface area contributed by atoms with Crippen molar-refractivity contribution in [2.75, 3.05) is 5.32 Å². The Kier molecular flexibility index (Phi) is 3.75. The van der Waals surface area contributed by atoms with Crippen LogP contribution < -0.4 is 5.32 Å². The summed E-state index contributed by atoms with van der Waals surface area (Å²) in [4.78, 5) is 0. The normalized spacial score (nSPS) is 29.6. The standard InChI is InChI=1S/C14H25N3/c1-10(2)17-9-8-14(16-17)15-13-7-5-6-11(3)12(13)4/h8-13H,5-7H2,1-4H3,(H,15,16). The van der Waals surface area contributed by atoms with E-state index in [0.717, 1.165) is 17.7 Å². The predicted molar refractivity (Wildman–Crippen MR) is 72.2 cm³/mol. The first-order chi connectivity index (χ1) is 8.08. The van der Waals surface area contributed by atoms with Crippen molar-refractivity contribution in [3.05, 3.63) is 12.3 Å². The van der Waals surface area contributed by atoms with Crippen LogP contribution in [0.3, 0.4) is 0 Å². The SMILES string of the molecule is CC1CCCC(Nc2ccn(C(C)C)n2)C1C. The minimum atomic E-state index is 0.438. The predicted octanol–water partition coefficient (Wildman–Crippen LogP) is 3.70. The Morgan fingerprint density at radius 2 is 2.12 bits per heavy atom. The van der Waals surface area contributed by atoms with Crippen LogP contribution in [0.15, 0.2) is 12.3 Å². The quantitative estimate of drug-likeness (QED) is 0.865.